The van der Waals surface area contributed by atoms with Crippen LogP contribution in [0.3, 0.4) is 0 Å². The molecule has 0 saturated carbocycles. The molecule has 0 saturated heterocycles. The maximum Gasteiger partial charge on any atom is 0.339 e. The van der Waals surface area contributed by atoms with Gasteiger partial charge in [0.15, 0.2) is 0 Å². The first-order valence-electron chi connectivity index (χ1n) is 7.62. The molecule has 24 heavy (non-hydrogen) atoms. The van der Waals surface area contributed by atoms with Crippen LogP contribution >= 0.6 is 0 Å². The van der Waals surface area contributed by atoms with Crippen LogP contribution in [0.15, 0.2) is 16.7 Å². The Kier molecular flexibility index (Phi) is 5.02. The largest absolute Gasteiger partial charge is 0.478 e. The lowest BCUT2D eigenvalue weighted by Gasteiger charge is -2.18. The fourth-order valence-corrected chi connectivity index (χ4v) is 2.44. The van der Waals surface area contributed by atoms with E-state index in [0.717, 1.165) is 0 Å². The Hall–Kier alpha value is -2.70. The average Bonchev–Trinajstić information content (AvgIpc) is 2.87. The van der Waals surface area contributed by atoms with Crippen molar-refractivity contribution in [3.63, 3.8) is 0 Å². The Morgan fingerprint density at radius 1 is 1.29 bits per heavy atom. The second-order valence-corrected chi connectivity index (χ2v) is 6.02. The van der Waals surface area contributed by atoms with Crippen LogP contribution in [-0.4, -0.2) is 38.9 Å². The summed E-state index contributed by atoms with van der Waals surface area (Å²) in [6, 6.07) is 1.44. The quantitative estimate of drug-likeness (QED) is 0.905. The van der Waals surface area contributed by atoms with E-state index in [4.69, 9.17) is 9.52 Å². The number of carbonyl (C=O) groups excluding carboxylic acids is 1. The smallest absolute Gasteiger partial charge is 0.339 e. The average molecular weight is 331 g/mol. The number of aromatic carboxylic acids is 1. The van der Waals surface area contributed by atoms with Gasteiger partial charge in [0.05, 0.1) is 17.8 Å². The Morgan fingerprint density at radius 3 is 2.50 bits per heavy atom. The number of furan rings is 1. The standard InChI is InChI=1S/C17H21N3O4/c1-9(2)15-14(7-18-11(4)19-15)16(21)20(5)8-12-6-13(17(22)23)10(3)24-12/h6-7,9H,8H2,1-5H3,(H,22,23). The lowest BCUT2D eigenvalue weighted by atomic mass is 10.0. The van der Waals surface area contributed by atoms with Gasteiger partial charge in [-0.3, -0.25) is 4.79 Å². The van der Waals surface area contributed by atoms with E-state index in [2.05, 4.69) is 9.97 Å². The number of hydrogen-bond donors (Lipinski definition) is 1. The van der Waals surface area contributed by atoms with Crippen molar-refractivity contribution >= 4 is 11.9 Å². The summed E-state index contributed by atoms with van der Waals surface area (Å²) in [6.45, 7) is 7.46. The van der Waals surface area contributed by atoms with Gasteiger partial charge < -0.3 is 14.4 Å². The molecule has 0 spiro atoms. The summed E-state index contributed by atoms with van der Waals surface area (Å²) in [5.41, 5.74) is 1.24. The van der Waals surface area contributed by atoms with Crippen molar-refractivity contribution in [3.8, 4) is 0 Å². The van der Waals surface area contributed by atoms with E-state index >= 15 is 0 Å². The highest BCUT2D eigenvalue weighted by molar-refractivity contribution is 5.95. The molecule has 1 amide bonds. The van der Waals surface area contributed by atoms with Gasteiger partial charge in [0.1, 0.15) is 22.9 Å². The van der Waals surface area contributed by atoms with E-state index in [0.29, 0.717) is 28.6 Å². The highest BCUT2D eigenvalue weighted by atomic mass is 16.4. The molecular formula is C17H21N3O4. The van der Waals surface area contributed by atoms with E-state index in [1.807, 2.05) is 13.8 Å². The van der Waals surface area contributed by atoms with E-state index < -0.39 is 5.97 Å². The highest BCUT2D eigenvalue weighted by Crippen LogP contribution is 2.20. The molecule has 0 aliphatic carbocycles. The van der Waals surface area contributed by atoms with Crippen molar-refractivity contribution in [2.75, 3.05) is 7.05 Å². The monoisotopic (exact) mass is 331 g/mol. The third-order valence-electron chi connectivity index (χ3n) is 3.65. The molecule has 2 rings (SSSR count). The Labute approximate surface area is 140 Å². The molecule has 0 radical (unpaired) electrons. The van der Waals surface area contributed by atoms with Crippen molar-refractivity contribution in [2.24, 2.45) is 0 Å². The number of amides is 1. The van der Waals surface area contributed by atoms with Gasteiger partial charge in [0.2, 0.25) is 0 Å². The first kappa shape index (κ1) is 17.7. The predicted octanol–water partition coefficient (Wildman–Crippen LogP) is 2.78. The van der Waals surface area contributed by atoms with E-state index in [1.165, 1.54) is 17.2 Å². The van der Waals surface area contributed by atoms with Gasteiger partial charge >= 0.3 is 5.97 Å². The Bertz CT molecular complexity index is 780. The summed E-state index contributed by atoms with van der Waals surface area (Å²) in [7, 11) is 1.63. The van der Waals surface area contributed by atoms with Crippen molar-refractivity contribution < 1.29 is 19.1 Å². The van der Waals surface area contributed by atoms with Crippen LogP contribution in [0.4, 0.5) is 0 Å². The van der Waals surface area contributed by atoms with Crippen LogP contribution in [0.1, 0.15) is 63.5 Å². The van der Waals surface area contributed by atoms with Gasteiger partial charge in [-0.05, 0) is 25.8 Å². The molecule has 1 N–H and O–H groups in total. The molecule has 2 heterocycles. The summed E-state index contributed by atoms with van der Waals surface area (Å²) in [4.78, 5) is 33.7. The molecule has 0 fully saturated rings. The molecule has 0 aliphatic rings. The zero-order valence-corrected chi connectivity index (χ0v) is 14.5. The molecule has 0 aromatic carbocycles. The molecule has 128 valence electrons. The summed E-state index contributed by atoms with van der Waals surface area (Å²) < 4.78 is 5.42. The van der Waals surface area contributed by atoms with E-state index in [1.54, 1.807) is 20.9 Å². The fraction of sp³-hybridized carbons (Fsp3) is 0.412. The highest BCUT2D eigenvalue weighted by Gasteiger charge is 2.22. The molecule has 2 aromatic heterocycles. The number of aromatic nitrogens is 2. The zero-order chi connectivity index (χ0) is 18.0. The molecular weight excluding hydrogens is 310 g/mol. The predicted molar refractivity (Wildman–Crippen MR) is 87.1 cm³/mol. The zero-order valence-electron chi connectivity index (χ0n) is 14.5. The number of hydrogen-bond acceptors (Lipinski definition) is 5. The molecule has 7 heteroatoms. The number of carboxylic acids is 1. The second kappa shape index (κ2) is 6.82. The van der Waals surface area contributed by atoms with Crippen LogP contribution < -0.4 is 0 Å². The summed E-state index contributed by atoms with van der Waals surface area (Å²) in [6.07, 6.45) is 1.53. The lowest BCUT2D eigenvalue weighted by molar-refractivity contribution is 0.0694. The van der Waals surface area contributed by atoms with Gasteiger partial charge in [-0.25, -0.2) is 14.8 Å². The first-order valence-corrected chi connectivity index (χ1v) is 7.62. The number of carboxylic acid groups (broad SMARTS) is 1. The van der Waals surface area contributed by atoms with Crippen molar-refractivity contribution in [3.05, 3.63) is 46.4 Å². The third-order valence-corrected chi connectivity index (χ3v) is 3.65. The molecule has 2 aromatic rings. The van der Waals surface area contributed by atoms with Crippen LogP contribution in [0, 0.1) is 13.8 Å². The first-order chi connectivity index (χ1) is 11.2. The summed E-state index contributed by atoms with van der Waals surface area (Å²) in [5, 5.41) is 9.07. The Morgan fingerprint density at radius 2 is 1.96 bits per heavy atom. The van der Waals surface area contributed by atoms with Crippen LogP contribution in [0.5, 0.6) is 0 Å². The third kappa shape index (κ3) is 3.61. The minimum atomic E-state index is -1.05. The molecule has 7 nitrogen and oxygen atoms in total. The second-order valence-electron chi connectivity index (χ2n) is 6.02. The summed E-state index contributed by atoms with van der Waals surface area (Å²) in [5.74, 6) is 0.157. The van der Waals surface area contributed by atoms with Crippen molar-refractivity contribution in [2.45, 2.75) is 40.2 Å². The molecule has 0 bridgehead atoms. The van der Waals surface area contributed by atoms with Crippen molar-refractivity contribution in [1.29, 1.82) is 0 Å². The molecule has 0 unspecified atom stereocenters. The van der Waals surface area contributed by atoms with Crippen LogP contribution in [-0.2, 0) is 6.54 Å². The topological polar surface area (TPSA) is 96.5 Å². The van der Waals surface area contributed by atoms with Gasteiger partial charge in [0, 0.05) is 13.2 Å². The Balaban J connectivity index is 2.24. The minimum absolute atomic E-state index is 0.0866. The molecule has 0 aliphatic heterocycles. The van der Waals surface area contributed by atoms with E-state index in [-0.39, 0.29) is 23.9 Å². The lowest BCUT2D eigenvalue weighted by Crippen LogP contribution is -2.28. The molecule has 0 atom stereocenters. The van der Waals surface area contributed by atoms with Crippen molar-refractivity contribution in [1.82, 2.24) is 14.9 Å². The normalized spacial score (nSPS) is 10.9. The number of carbonyl (C=O) groups is 2. The SMILES string of the molecule is Cc1ncc(C(=O)N(C)Cc2cc(C(=O)O)c(C)o2)c(C(C)C)n1. The fourth-order valence-electron chi connectivity index (χ4n) is 2.44. The van der Waals surface area contributed by atoms with E-state index in [9.17, 15) is 9.59 Å². The minimum Gasteiger partial charge on any atom is -0.478 e. The number of aryl methyl sites for hydroxylation is 2. The van der Waals surface area contributed by atoms with Crippen LogP contribution in [0.25, 0.3) is 0 Å². The van der Waals surface area contributed by atoms with Gasteiger partial charge in [-0.2, -0.15) is 0 Å². The summed E-state index contributed by atoms with van der Waals surface area (Å²) >= 11 is 0. The van der Waals surface area contributed by atoms with Gasteiger partial charge in [-0.15, -0.1) is 0 Å². The van der Waals surface area contributed by atoms with Gasteiger partial charge in [0.25, 0.3) is 5.91 Å². The van der Waals surface area contributed by atoms with Crippen LogP contribution in [0.2, 0.25) is 0 Å². The number of rotatable bonds is 5. The maximum absolute atomic E-state index is 12.7. The maximum atomic E-state index is 12.7. The number of nitrogens with zero attached hydrogens (tertiary/aromatic N) is 3. The van der Waals surface area contributed by atoms with Gasteiger partial charge in [-0.1, -0.05) is 13.8 Å².